The standard InChI is InChI=1S/C23H20N2O4/c1-25-19-13-16(9-11-21(19)29-14-23(25)28)20(26)10-12-22(27)24-18-8-4-6-15-5-2-3-7-17(15)18/h2-9,11,13H,10,12,14H2,1H3,(H,24,27). The molecule has 4 rings (SSSR count). The van der Waals surface area contributed by atoms with Gasteiger partial charge in [-0.25, -0.2) is 0 Å². The lowest BCUT2D eigenvalue weighted by atomic mass is 10.0. The monoisotopic (exact) mass is 388 g/mol. The summed E-state index contributed by atoms with van der Waals surface area (Å²) in [6, 6.07) is 18.5. The van der Waals surface area contributed by atoms with Crippen LogP contribution in [0.2, 0.25) is 0 Å². The summed E-state index contributed by atoms with van der Waals surface area (Å²) < 4.78 is 5.37. The smallest absolute Gasteiger partial charge is 0.264 e. The Hall–Kier alpha value is -3.67. The molecule has 0 saturated heterocycles. The molecule has 0 bridgehead atoms. The van der Waals surface area contributed by atoms with E-state index >= 15 is 0 Å². The van der Waals surface area contributed by atoms with Crippen LogP contribution in [0.15, 0.2) is 60.7 Å². The number of nitrogens with zero attached hydrogens (tertiary/aromatic N) is 1. The molecule has 6 heteroatoms. The second-order valence-corrected chi connectivity index (χ2v) is 6.92. The first-order valence-corrected chi connectivity index (χ1v) is 9.37. The minimum absolute atomic E-state index is 0.00880. The van der Waals surface area contributed by atoms with E-state index in [0.29, 0.717) is 17.0 Å². The van der Waals surface area contributed by atoms with Gasteiger partial charge >= 0.3 is 0 Å². The summed E-state index contributed by atoms with van der Waals surface area (Å²) >= 11 is 0. The Labute approximate surface area is 168 Å². The fourth-order valence-corrected chi connectivity index (χ4v) is 3.36. The molecule has 1 heterocycles. The molecule has 1 aliphatic rings. The predicted octanol–water partition coefficient (Wildman–Crippen LogP) is 3.80. The molecule has 0 aromatic heterocycles. The highest BCUT2D eigenvalue weighted by molar-refractivity contribution is 6.05. The van der Waals surface area contributed by atoms with Crippen LogP contribution in [0.5, 0.6) is 5.75 Å². The highest BCUT2D eigenvalue weighted by atomic mass is 16.5. The number of carbonyl (C=O) groups excluding carboxylic acids is 3. The molecular formula is C23H20N2O4. The van der Waals surface area contributed by atoms with E-state index in [9.17, 15) is 14.4 Å². The number of ketones is 1. The first-order chi connectivity index (χ1) is 14.0. The van der Waals surface area contributed by atoms with Gasteiger partial charge < -0.3 is 15.0 Å². The van der Waals surface area contributed by atoms with Crippen molar-refractivity contribution in [2.45, 2.75) is 12.8 Å². The maximum atomic E-state index is 12.6. The number of Topliss-reactive ketones (excluding diaryl/α,β-unsaturated/α-hetero) is 1. The van der Waals surface area contributed by atoms with Gasteiger partial charge in [0.1, 0.15) is 5.75 Å². The van der Waals surface area contributed by atoms with Crippen molar-refractivity contribution in [3.63, 3.8) is 0 Å². The summed E-state index contributed by atoms with van der Waals surface area (Å²) in [5.74, 6) is 0.0181. The third kappa shape index (κ3) is 3.82. The second kappa shape index (κ2) is 7.75. The third-order valence-corrected chi connectivity index (χ3v) is 5.01. The van der Waals surface area contributed by atoms with Gasteiger partial charge in [-0.15, -0.1) is 0 Å². The van der Waals surface area contributed by atoms with Gasteiger partial charge in [-0.05, 0) is 29.7 Å². The van der Waals surface area contributed by atoms with Crippen LogP contribution >= 0.6 is 0 Å². The summed E-state index contributed by atoms with van der Waals surface area (Å²) in [5.41, 5.74) is 1.74. The zero-order chi connectivity index (χ0) is 20.4. The van der Waals surface area contributed by atoms with E-state index in [0.717, 1.165) is 16.5 Å². The van der Waals surface area contributed by atoms with E-state index < -0.39 is 0 Å². The van der Waals surface area contributed by atoms with Crippen LogP contribution in [-0.4, -0.2) is 31.3 Å². The summed E-state index contributed by atoms with van der Waals surface area (Å²) in [4.78, 5) is 38.2. The number of rotatable bonds is 5. The zero-order valence-electron chi connectivity index (χ0n) is 16.0. The van der Waals surface area contributed by atoms with Gasteiger partial charge in [0.15, 0.2) is 12.4 Å². The van der Waals surface area contributed by atoms with E-state index in [1.807, 2.05) is 42.5 Å². The van der Waals surface area contributed by atoms with Crippen molar-refractivity contribution < 1.29 is 19.1 Å². The van der Waals surface area contributed by atoms with Crippen LogP contribution in [0.4, 0.5) is 11.4 Å². The Morgan fingerprint density at radius 1 is 1.03 bits per heavy atom. The first kappa shape index (κ1) is 18.7. The fraction of sp³-hybridized carbons (Fsp3) is 0.174. The molecule has 0 saturated carbocycles. The topological polar surface area (TPSA) is 75.7 Å². The average molecular weight is 388 g/mol. The molecule has 146 valence electrons. The molecule has 1 aliphatic heterocycles. The number of hydrogen-bond acceptors (Lipinski definition) is 4. The lowest BCUT2D eigenvalue weighted by molar-refractivity contribution is -0.121. The number of nitrogens with one attached hydrogen (secondary N) is 1. The molecule has 3 aromatic rings. The van der Waals surface area contributed by atoms with E-state index in [2.05, 4.69) is 5.32 Å². The normalized spacial score (nSPS) is 13.0. The summed E-state index contributed by atoms with van der Waals surface area (Å²) in [6.45, 7) is -0.00880. The van der Waals surface area contributed by atoms with Crippen molar-refractivity contribution in [2.24, 2.45) is 0 Å². The SMILES string of the molecule is CN1C(=O)COc2ccc(C(=O)CCC(=O)Nc3cccc4ccccc34)cc21. The predicted molar refractivity (Wildman–Crippen MR) is 111 cm³/mol. The molecule has 0 fully saturated rings. The van der Waals surface area contributed by atoms with Crippen LogP contribution in [0.1, 0.15) is 23.2 Å². The molecular weight excluding hydrogens is 368 g/mol. The first-order valence-electron chi connectivity index (χ1n) is 9.37. The quantitative estimate of drug-likeness (QED) is 0.675. The lowest BCUT2D eigenvalue weighted by Crippen LogP contribution is -2.35. The Balaban J connectivity index is 1.42. The third-order valence-electron chi connectivity index (χ3n) is 5.01. The zero-order valence-corrected chi connectivity index (χ0v) is 16.0. The number of hydrogen-bond donors (Lipinski definition) is 1. The Bertz CT molecular complexity index is 1120. The van der Waals surface area contributed by atoms with Crippen molar-refractivity contribution in [3.05, 3.63) is 66.2 Å². The van der Waals surface area contributed by atoms with Crippen molar-refractivity contribution in [2.75, 3.05) is 23.9 Å². The molecule has 0 atom stereocenters. The van der Waals surface area contributed by atoms with Crippen molar-refractivity contribution in [1.82, 2.24) is 0 Å². The maximum absolute atomic E-state index is 12.6. The van der Waals surface area contributed by atoms with Crippen molar-refractivity contribution >= 4 is 39.7 Å². The number of anilines is 2. The molecule has 29 heavy (non-hydrogen) atoms. The van der Waals surface area contributed by atoms with Crippen LogP contribution in [0.25, 0.3) is 10.8 Å². The molecule has 0 unspecified atom stereocenters. The van der Waals surface area contributed by atoms with E-state index in [1.165, 1.54) is 4.90 Å². The highest BCUT2D eigenvalue weighted by Gasteiger charge is 2.23. The van der Waals surface area contributed by atoms with Gasteiger partial charge in [-0.1, -0.05) is 36.4 Å². The van der Waals surface area contributed by atoms with E-state index in [4.69, 9.17) is 4.74 Å². The Kier molecular flexibility index (Phi) is 4.99. The number of benzene rings is 3. The fourth-order valence-electron chi connectivity index (χ4n) is 3.36. The van der Waals surface area contributed by atoms with E-state index in [1.54, 1.807) is 25.2 Å². The average Bonchev–Trinajstić information content (AvgIpc) is 2.75. The van der Waals surface area contributed by atoms with Gasteiger partial charge in [0, 0.05) is 36.5 Å². The van der Waals surface area contributed by atoms with Crippen LogP contribution < -0.4 is 15.0 Å². The molecule has 1 N–H and O–H groups in total. The number of amides is 2. The molecule has 3 aromatic carbocycles. The maximum Gasteiger partial charge on any atom is 0.264 e. The molecule has 0 aliphatic carbocycles. The van der Waals surface area contributed by atoms with Crippen molar-refractivity contribution in [3.8, 4) is 5.75 Å². The second-order valence-electron chi connectivity index (χ2n) is 6.92. The number of likely N-dealkylation sites (N-methyl/N-ethyl adjacent to an activating group) is 1. The van der Waals surface area contributed by atoms with Crippen LogP contribution in [-0.2, 0) is 9.59 Å². The Morgan fingerprint density at radius 2 is 1.83 bits per heavy atom. The number of carbonyl (C=O) groups is 3. The number of ether oxygens (including phenoxy) is 1. The summed E-state index contributed by atoms with van der Waals surface area (Å²) in [6.07, 6.45) is 0.151. The van der Waals surface area contributed by atoms with Gasteiger partial charge in [-0.3, -0.25) is 14.4 Å². The van der Waals surface area contributed by atoms with Crippen LogP contribution in [0.3, 0.4) is 0 Å². The number of fused-ring (bicyclic) bond motifs is 2. The summed E-state index contributed by atoms with van der Waals surface area (Å²) in [5, 5.41) is 4.88. The molecule has 0 radical (unpaired) electrons. The minimum atomic E-state index is -0.219. The molecule has 2 amide bonds. The van der Waals surface area contributed by atoms with Gasteiger partial charge in [0.05, 0.1) is 5.69 Å². The van der Waals surface area contributed by atoms with Crippen molar-refractivity contribution in [1.29, 1.82) is 0 Å². The Morgan fingerprint density at radius 3 is 2.69 bits per heavy atom. The van der Waals surface area contributed by atoms with Crippen LogP contribution in [0, 0.1) is 0 Å². The highest BCUT2D eigenvalue weighted by Crippen LogP contribution is 2.32. The lowest BCUT2D eigenvalue weighted by Gasteiger charge is -2.26. The van der Waals surface area contributed by atoms with E-state index in [-0.39, 0.29) is 37.0 Å². The largest absolute Gasteiger partial charge is 0.482 e. The minimum Gasteiger partial charge on any atom is -0.482 e. The molecule has 6 nitrogen and oxygen atoms in total. The van der Waals surface area contributed by atoms with Gasteiger partial charge in [-0.2, -0.15) is 0 Å². The summed E-state index contributed by atoms with van der Waals surface area (Å²) in [7, 11) is 1.65. The van der Waals surface area contributed by atoms with Gasteiger partial charge in [0.2, 0.25) is 5.91 Å². The van der Waals surface area contributed by atoms with Gasteiger partial charge in [0.25, 0.3) is 5.91 Å². The molecule has 0 spiro atoms.